The molecule has 18 heavy (non-hydrogen) atoms. The smallest absolute Gasteiger partial charge is 0.0380 e. The van der Waals surface area contributed by atoms with Crippen molar-refractivity contribution in [3.8, 4) is 0 Å². The third-order valence-electron chi connectivity index (χ3n) is 3.58. The van der Waals surface area contributed by atoms with Crippen LogP contribution in [0.4, 0.5) is 5.69 Å². The molecule has 0 spiro atoms. The Balaban J connectivity index is 2.22. The van der Waals surface area contributed by atoms with Gasteiger partial charge in [-0.15, -0.1) is 0 Å². The molecule has 2 nitrogen and oxygen atoms in total. The van der Waals surface area contributed by atoms with Crippen LogP contribution in [-0.2, 0) is 0 Å². The average molecular weight is 329 g/mol. The van der Waals surface area contributed by atoms with E-state index in [0.29, 0.717) is 12.1 Å². The molecule has 0 bridgehead atoms. The number of hydrogen-bond acceptors (Lipinski definition) is 3. The minimum absolute atomic E-state index is 0.378. The SMILES string of the molecule is CNC(C)c1ccc(N2CCSCC2C)cc1Br. The summed E-state index contributed by atoms with van der Waals surface area (Å²) in [5, 5.41) is 3.28. The molecule has 1 aromatic carbocycles. The molecule has 1 heterocycles. The third kappa shape index (κ3) is 3.03. The Morgan fingerprint density at radius 2 is 2.28 bits per heavy atom. The van der Waals surface area contributed by atoms with E-state index < -0.39 is 0 Å². The molecule has 1 saturated heterocycles. The molecule has 0 radical (unpaired) electrons. The molecule has 1 aromatic rings. The summed E-state index contributed by atoms with van der Waals surface area (Å²) in [6.07, 6.45) is 0. The van der Waals surface area contributed by atoms with Crippen LogP contribution in [0.5, 0.6) is 0 Å². The van der Waals surface area contributed by atoms with E-state index in [1.807, 2.05) is 7.05 Å². The van der Waals surface area contributed by atoms with Crippen molar-refractivity contribution in [2.24, 2.45) is 0 Å². The van der Waals surface area contributed by atoms with Gasteiger partial charge in [-0.05, 0) is 38.6 Å². The summed E-state index contributed by atoms with van der Waals surface area (Å²) in [5.41, 5.74) is 2.65. The van der Waals surface area contributed by atoms with Crippen LogP contribution >= 0.6 is 27.7 Å². The third-order valence-corrected chi connectivity index (χ3v) is 5.46. The number of rotatable bonds is 3. The summed E-state index contributed by atoms with van der Waals surface area (Å²) in [6, 6.07) is 7.75. The normalized spacial score (nSPS) is 22.0. The minimum atomic E-state index is 0.378. The molecule has 0 aromatic heterocycles. The van der Waals surface area contributed by atoms with Crippen LogP contribution < -0.4 is 10.2 Å². The first-order valence-electron chi connectivity index (χ1n) is 6.44. The lowest BCUT2D eigenvalue weighted by Crippen LogP contribution is -2.40. The highest BCUT2D eigenvalue weighted by Gasteiger charge is 2.19. The van der Waals surface area contributed by atoms with Gasteiger partial charge < -0.3 is 10.2 Å². The van der Waals surface area contributed by atoms with E-state index in [0.717, 1.165) is 6.54 Å². The molecule has 1 N–H and O–H groups in total. The Kier molecular flexibility index (Phi) is 4.98. The summed E-state index contributed by atoms with van der Waals surface area (Å²) >= 11 is 5.76. The summed E-state index contributed by atoms with van der Waals surface area (Å²) < 4.78 is 1.20. The van der Waals surface area contributed by atoms with Crippen LogP contribution in [0, 0.1) is 0 Å². The lowest BCUT2D eigenvalue weighted by molar-refractivity contribution is 0.648. The van der Waals surface area contributed by atoms with Crippen LogP contribution in [0.25, 0.3) is 0 Å². The molecule has 4 heteroatoms. The first kappa shape index (κ1) is 14.2. The van der Waals surface area contributed by atoms with Gasteiger partial charge in [0.25, 0.3) is 0 Å². The van der Waals surface area contributed by atoms with Crippen LogP contribution in [-0.4, -0.2) is 31.1 Å². The minimum Gasteiger partial charge on any atom is -0.367 e. The van der Waals surface area contributed by atoms with Crippen molar-refractivity contribution in [3.05, 3.63) is 28.2 Å². The van der Waals surface area contributed by atoms with Gasteiger partial charge in [0.05, 0.1) is 0 Å². The van der Waals surface area contributed by atoms with Gasteiger partial charge in [-0.2, -0.15) is 11.8 Å². The van der Waals surface area contributed by atoms with E-state index >= 15 is 0 Å². The van der Waals surface area contributed by atoms with E-state index in [-0.39, 0.29) is 0 Å². The summed E-state index contributed by atoms with van der Waals surface area (Å²) in [4.78, 5) is 2.51. The lowest BCUT2D eigenvalue weighted by Gasteiger charge is -2.35. The molecule has 2 atom stereocenters. The quantitative estimate of drug-likeness (QED) is 0.911. The molecule has 2 unspecified atom stereocenters. The Morgan fingerprint density at radius 3 is 2.89 bits per heavy atom. The maximum absolute atomic E-state index is 3.70. The maximum atomic E-state index is 3.70. The van der Waals surface area contributed by atoms with Gasteiger partial charge in [-0.1, -0.05) is 22.0 Å². The fourth-order valence-corrected chi connectivity index (χ4v) is 4.04. The fraction of sp³-hybridized carbons (Fsp3) is 0.571. The molecule has 100 valence electrons. The van der Waals surface area contributed by atoms with Gasteiger partial charge in [0.1, 0.15) is 0 Å². The number of nitrogens with one attached hydrogen (secondary N) is 1. The molecule has 1 aliphatic rings. The molecular formula is C14H21BrN2S. The zero-order valence-corrected chi connectivity index (χ0v) is 13.6. The van der Waals surface area contributed by atoms with Crippen molar-refractivity contribution in [1.82, 2.24) is 5.32 Å². The van der Waals surface area contributed by atoms with Crippen LogP contribution in [0.1, 0.15) is 25.5 Å². The van der Waals surface area contributed by atoms with E-state index in [1.54, 1.807) is 0 Å². The standard InChI is InChI=1S/C14H21BrN2S/c1-10-9-18-7-6-17(10)12-4-5-13(11(2)16-3)14(15)8-12/h4-5,8,10-11,16H,6-7,9H2,1-3H3. The van der Waals surface area contributed by atoms with Crippen LogP contribution in [0.3, 0.4) is 0 Å². The molecule has 0 saturated carbocycles. The first-order chi connectivity index (χ1) is 8.63. The molecule has 1 fully saturated rings. The summed E-state index contributed by atoms with van der Waals surface area (Å²) in [5.74, 6) is 2.46. The number of halogens is 1. The fourth-order valence-electron chi connectivity index (χ4n) is 2.31. The predicted octanol–water partition coefficient (Wildman–Crippen LogP) is 3.67. The molecular weight excluding hydrogens is 308 g/mol. The Hall–Kier alpha value is -0.190. The van der Waals surface area contributed by atoms with E-state index in [1.165, 1.54) is 27.2 Å². The van der Waals surface area contributed by atoms with Crippen LogP contribution in [0.2, 0.25) is 0 Å². The van der Waals surface area contributed by atoms with Gasteiger partial charge in [0, 0.05) is 40.3 Å². The largest absolute Gasteiger partial charge is 0.367 e. The lowest BCUT2D eigenvalue weighted by atomic mass is 10.1. The maximum Gasteiger partial charge on any atom is 0.0380 e. The summed E-state index contributed by atoms with van der Waals surface area (Å²) in [6.45, 7) is 5.64. The Labute approximate surface area is 123 Å². The van der Waals surface area contributed by atoms with Crippen molar-refractivity contribution in [2.75, 3.05) is 30.0 Å². The zero-order chi connectivity index (χ0) is 13.1. The van der Waals surface area contributed by atoms with Crippen molar-refractivity contribution in [3.63, 3.8) is 0 Å². The molecule has 1 aliphatic heterocycles. The average Bonchev–Trinajstić information content (AvgIpc) is 2.38. The van der Waals surface area contributed by atoms with Crippen molar-refractivity contribution in [2.45, 2.75) is 25.9 Å². The number of nitrogens with zero attached hydrogens (tertiary/aromatic N) is 1. The van der Waals surface area contributed by atoms with Crippen LogP contribution in [0.15, 0.2) is 22.7 Å². The van der Waals surface area contributed by atoms with Crippen molar-refractivity contribution in [1.29, 1.82) is 0 Å². The van der Waals surface area contributed by atoms with Crippen molar-refractivity contribution >= 4 is 33.4 Å². The predicted molar refractivity (Wildman–Crippen MR) is 85.7 cm³/mol. The Bertz CT molecular complexity index is 411. The molecule has 0 aliphatic carbocycles. The van der Waals surface area contributed by atoms with E-state index in [9.17, 15) is 0 Å². The van der Waals surface area contributed by atoms with Gasteiger partial charge >= 0.3 is 0 Å². The highest BCUT2D eigenvalue weighted by molar-refractivity contribution is 9.10. The van der Waals surface area contributed by atoms with E-state index in [4.69, 9.17) is 0 Å². The second kappa shape index (κ2) is 6.31. The second-order valence-corrected chi connectivity index (χ2v) is 6.84. The summed E-state index contributed by atoms with van der Waals surface area (Å²) in [7, 11) is 1.99. The van der Waals surface area contributed by atoms with Gasteiger partial charge in [-0.3, -0.25) is 0 Å². The topological polar surface area (TPSA) is 15.3 Å². The number of anilines is 1. The van der Waals surface area contributed by atoms with E-state index in [2.05, 4.69) is 70.0 Å². The zero-order valence-electron chi connectivity index (χ0n) is 11.2. The number of hydrogen-bond donors (Lipinski definition) is 1. The Morgan fingerprint density at radius 1 is 1.50 bits per heavy atom. The highest BCUT2D eigenvalue weighted by Crippen LogP contribution is 2.30. The number of thioether (sulfide) groups is 1. The highest BCUT2D eigenvalue weighted by atomic mass is 79.9. The van der Waals surface area contributed by atoms with Crippen molar-refractivity contribution < 1.29 is 0 Å². The second-order valence-electron chi connectivity index (χ2n) is 4.83. The van der Waals surface area contributed by atoms with Gasteiger partial charge in [-0.25, -0.2) is 0 Å². The van der Waals surface area contributed by atoms with Gasteiger partial charge in [0.2, 0.25) is 0 Å². The first-order valence-corrected chi connectivity index (χ1v) is 8.39. The molecule has 0 amide bonds. The van der Waals surface area contributed by atoms with Gasteiger partial charge in [0.15, 0.2) is 0 Å². The number of benzene rings is 1. The monoisotopic (exact) mass is 328 g/mol. The molecule has 2 rings (SSSR count).